The molecule has 0 fully saturated rings. The summed E-state index contributed by atoms with van der Waals surface area (Å²) in [5.41, 5.74) is 1.19. The van der Waals surface area contributed by atoms with Gasteiger partial charge in [-0.25, -0.2) is 4.98 Å². The molecule has 0 saturated carbocycles. The van der Waals surface area contributed by atoms with E-state index in [-0.39, 0.29) is 22.7 Å². The predicted molar refractivity (Wildman–Crippen MR) is 93.6 cm³/mol. The smallest absolute Gasteiger partial charge is 0.312 e. The molecule has 0 amide bonds. The molecule has 3 rings (SSSR count). The van der Waals surface area contributed by atoms with Crippen molar-refractivity contribution in [3.05, 3.63) is 51.7 Å². The van der Waals surface area contributed by atoms with Gasteiger partial charge in [-0.05, 0) is 36.1 Å². The van der Waals surface area contributed by atoms with Gasteiger partial charge in [0.05, 0.1) is 17.7 Å². The number of ether oxygens (including phenoxy) is 1. The first-order valence-corrected chi connectivity index (χ1v) is 7.92. The van der Waals surface area contributed by atoms with E-state index in [1.807, 2.05) is 13.8 Å². The van der Waals surface area contributed by atoms with Crippen LogP contribution in [0.3, 0.4) is 0 Å². The highest BCUT2D eigenvalue weighted by Crippen LogP contribution is 2.37. The quantitative estimate of drug-likeness (QED) is 0.669. The predicted octanol–water partition coefficient (Wildman–Crippen LogP) is 3.90. The number of nitrogens with one attached hydrogen (secondary N) is 1. The van der Waals surface area contributed by atoms with Crippen LogP contribution in [0.15, 0.2) is 30.3 Å². The van der Waals surface area contributed by atoms with Gasteiger partial charge in [0.2, 0.25) is 5.82 Å². The molecule has 1 aliphatic carbocycles. The largest absolute Gasteiger partial charge is 0.497 e. The van der Waals surface area contributed by atoms with E-state index in [4.69, 9.17) is 4.74 Å². The Kier molecular flexibility index (Phi) is 4.16. The van der Waals surface area contributed by atoms with E-state index in [1.54, 1.807) is 31.4 Å². The van der Waals surface area contributed by atoms with Gasteiger partial charge in [0.1, 0.15) is 5.75 Å². The highest BCUT2D eigenvalue weighted by Gasteiger charge is 2.34. The van der Waals surface area contributed by atoms with Crippen molar-refractivity contribution < 1.29 is 14.5 Å². The summed E-state index contributed by atoms with van der Waals surface area (Å²) < 4.78 is 5.10. The SMILES string of the molecule is COc1ccc(Nc2nc3c(cc2[N+](=O)[O-])C(=O)CC(C)(C)C3)cc1. The van der Waals surface area contributed by atoms with Gasteiger partial charge in [-0.1, -0.05) is 13.8 Å². The Balaban J connectivity index is 2.02. The second kappa shape index (κ2) is 6.16. The summed E-state index contributed by atoms with van der Waals surface area (Å²) in [6.07, 6.45) is 0.966. The molecule has 1 aromatic carbocycles. The molecule has 25 heavy (non-hydrogen) atoms. The second-order valence-corrected chi connectivity index (χ2v) is 6.90. The molecular formula is C18H19N3O4. The Morgan fingerprint density at radius 2 is 1.92 bits per heavy atom. The fourth-order valence-electron chi connectivity index (χ4n) is 3.00. The lowest BCUT2D eigenvalue weighted by Crippen LogP contribution is -2.28. The average Bonchev–Trinajstić information content (AvgIpc) is 2.53. The van der Waals surface area contributed by atoms with Gasteiger partial charge in [0, 0.05) is 23.7 Å². The number of ketones is 1. The number of hydrogen-bond donors (Lipinski definition) is 1. The first kappa shape index (κ1) is 16.9. The summed E-state index contributed by atoms with van der Waals surface area (Å²) in [5.74, 6) is 0.725. The molecule has 7 heteroatoms. The number of hydrogen-bond acceptors (Lipinski definition) is 6. The van der Waals surface area contributed by atoms with E-state index in [0.717, 1.165) is 0 Å². The number of nitro groups is 1. The molecule has 1 N–H and O–H groups in total. The number of rotatable bonds is 4. The van der Waals surface area contributed by atoms with Crippen LogP contribution in [-0.2, 0) is 6.42 Å². The highest BCUT2D eigenvalue weighted by molar-refractivity contribution is 5.99. The first-order valence-electron chi connectivity index (χ1n) is 7.92. The molecule has 130 valence electrons. The van der Waals surface area contributed by atoms with Crippen molar-refractivity contribution in [2.75, 3.05) is 12.4 Å². The molecule has 0 spiro atoms. The Morgan fingerprint density at radius 1 is 1.24 bits per heavy atom. The van der Waals surface area contributed by atoms with Gasteiger partial charge in [-0.15, -0.1) is 0 Å². The summed E-state index contributed by atoms with van der Waals surface area (Å²) in [7, 11) is 1.57. The Bertz CT molecular complexity index is 844. The van der Waals surface area contributed by atoms with Crippen LogP contribution in [0.2, 0.25) is 0 Å². The van der Waals surface area contributed by atoms with Crippen LogP contribution >= 0.6 is 0 Å². The number of pyridine rings is 1. The molecule has 0 radical (unpaired) electrons. The number of Topliss-reactive ketones (excluding diaryl/α,β-unsaturated/α-hetero) is 1. The van der Waals surface area contributed by atoms with Crippen LogP contribution in [0.5, 0.6) is 5.75 Å². The van der Waals surface area contributed by atoms with Crippen molar-refractivity contribution in [1.29, 1.82) is 0 Å². The third-order valence-corrected chi connectivity index (χ3v) is 4.22. The van der Waals surface area contributed by atoms with Gasteiger partial charge in [-0.3, -0.25) is 14.9 Å². The first-order chi connectivity index (χ1) is 11.8. The van der Waals surface area contributed by atoms with Crippen molar-refractivity contribution in [2.24, 2.45) is 5.41 Å². The van der Waals surface area contributed by atoms with Gasteiger partial charge < -0.3 is 10.1 Å². The Morgan fingerprint density at radius 3 is 2.52 bits per heavy atom. The zero-order valence-electron chi connectivity index (χ0n) is 14.3. The van der Waals surface area contributed by atoms with Crippen molar-refractivity contribution in [1.82, 2.24) is 4.98 Å². The van der Waals surface area contributed by atoms with Gasteiger partial charge in [-0.2, -0.15) is 0 Å². The van der Waals surface area contributed by atoms with Crippen LogP contribution in [0.25, 0.3) is 0 Å². The third kappa shape index (κ3) is 3.45. The van der Waals surface area contributed by atoms with Crippen LogP contribution in [0.1, 0.15) is 36.3 Å². The third-order valence-electron chi connectivity index (χ3n) is 4.22. The van der Waals surface area contributed by atoms with Crippen molar-refractivity contribution in [3.63, 3.8) is 0 Å². The minimum Gasteiger partial charge on any atom is -0.497 e. The van der Waals surface area contributed by atoms with Crippen LogP contribution in [0.4, 0.5) is 17.2 Å². The summed E-state index contributed by atoms with van der Waals surface area (Å²) >= 11 is 0. The number of carbonyl (C=O) groups excluding carboxylic acids is 1. The molecular weight excluding hydrogens is 322 g/mol. The number of methoxy groups -OCH3 is 1. The maximum absolute atomic E-state index is 12.3. The lowest BCUT2D eigenvalue weighted by Gasteiger charge is -2.29. The second-order valence-electron chi connectivity index (χ2n) is 6.90. The zero-order valence-corrected chi connectivity index (χ0v) is 14.3. The van der Waals surface area contributed by atoms with E-state index < -0.39 is 4.92 Å². The van der Waals surface area contributed by atoms with Gasteiger partial charge in [0.15, 0.2) is 5.78 Å². The van der Waals surface area contributed by atoms with Crippen LogP contribution < -0.4 is 10.1 Å². The molecule has 1 heterocycles. The summed E-state index contributed by atoms with van der Waals surface area (Å²) in [6, 6.07) is 8.34. The van der Waals surface area contributed by atoms with E-state index in [2.05, 4.69) is 10.3 Å². The van der Waals surface area contributed by atoms with E-state index >= 15 is 0 Å². The molecule has 0 bridgehead atoms. The van der Waals surface area contributed by atoms with Crippen LogP contribution in [-0.4, -0.2) is 22.8 Å². The zero-order chi connectivity index (χ0) is 18.2. The number of anilines is 2. The summed E-state index contributed by atoms with van der Waals surface area (Å²) in [6.45, 7) is 3.99. The van der Waals surface area contributed by atoms with Crippen molar-refractivity contribution in [2.45, 2.75) is 26.7 Å². The van der Waals surface area contributed by atoms with E-state index in [9.17, 15) is 14.9 Å². The molecule has 0 aliphatic heterocycles. The Labute approximate surface area is 145 Å². The molecule has 0 unspecified atom stereocenters. The normalized spacial score (nSPS) is 15.4. The number of nitrogens with zero attached hydrogens (tertiary/aromatic N) is 2. The maximum atomic E-state index is 12.3. The molecule has 1 aliphatic rings. The standard InChI is InChI=1S/C18H19N3O4/c1-18(2)9-14-13(16(22)10-18)8-15(21(23)24)17(20-14)19-11-4-6-12(25-3)7-5-11/h4-8H,9-10H2,1-3H3,(H,19,20). The number of carbonyl (C=O) groups is 1. The highest BCUT2D eigenvalue weighted by atomic mass is 16.6. The fourth-order valence-corrected chi connectivity index (χ4v) is 3.00. The van der Waals surface area contributed by atoms with Gasteiger partial charge >= 0.3 is 5.69 Å². The summed E-state index contributed by atoms with van der Waals surface area (Å²) in [4.78, 5) is 27.6. The molecule has 2 aromatic rings. The lowest BCUT2D eigenvalue weighted by molar-refractivity contribution is -0.384. The maximum Gasteiger partial charge on any atom is 0.312 e. The van der Waals surface area contributed by atoms with Crippen molar-refractivity contribution in [3.8, 4) is 5.75 Å². The summed E-state index contributed by atoms with van der Waals surface area (Å²) in [5, 5.41) is 14.4. The number of fused-ring (bicyclic) bond motifs is 1. The number of benzene rings is 1. The van der Waals surface area contributed by atoms with Gasteiger partial charge in [0.25, 0.3) is 0 Å². The van der Waals surface area contributed by atoms with Crippen LogP contribution in [0, 0.1) is 15.5 Å². The number of aromatic nitrogens is 1. The monoisotopic (exact) mass is 341 g/mol. The van der Waals surface area contributed by atoms with Crippen molar-refractivity contribution >= 4 is 23.0 Å². The molecule has 7 nitrogen and oxygen atoms in total. The molecule has 0 atom stereocenters. The fraction of sp³-hybridized carbons (Fsp3) is 0.333. The molecule has 1 aromatic heterocycles. The molecule has 0 saturated heterocycles. The van der Waals surface area contributed by atoms with E-state index in [0.29, 0.717) is 35.5 Å². The minimum atomic E-state index is -0.522. The lowest BCUT2D eigenvalue weighted by atomic mass is 9.75. The van der Waals surface area contributed by atoms with E-state index in [1.165, 1.54) is 6.07 Å². The topological polar surface area (TPSA) is 94.4 Å². The Hall–Kier alpha value is -2.96. The minimum absolute atomic E-state index is 0.0992. The average molecular weight is 341 g/mol.